The van der Waals surface area contributed by atoms with Gasteiger partial charge in [-0.25, -0.2) is 9.18 Å². The van der Waals surface area contributed by atoms with Crippen molar-refractivity contribution in [2.45, 2.75) is 46.0 Å². The van der Waals surface area contributed by atoms with Crippen molar-refractivity contribution in [1.29, 1.82) is 0 Å². The number of aliphatic carboxylic acids is 1. The summed E-state index contributed by atoms with van der Waals surface area (Å²) in [5.41, 5.74) is -2.64. The van der Waals surface area contributed by atoms with Crippen molar-refractivity contribution < 1.29 is 37.0 Å². The first-order chi connectivity index (χ1) is 15.5. The molecule has 0 aliphatic heterocycles. The lowest BCUT2D eigenvalue weighted by atomic mass is 9.97. The molecule has 2 aromatic carbocycles. The van der Waals surface area contributed by atoms with Crippen LogP contribution in [0.25, 0.3) is 10.8 Å². The number of ether oxygens (including phenoxy) is 1. The highest BCUT2D eigenvalue weighted by atomic mass is 19.4. The van der Waals surface area contributed by atoms with Crippen LogP contribution in [-0.4, -0.2) is 27.5 Å². The van der Waals surface area contributed by atoms with Crippen molar-refractivity contribution in [3.63, 3.8) is 0 Å². The second-order valence-electron chi connectivity index (χ2n) is 7.55. The van der Waals surface area contributed by atoms with E-state index in [9.17, 15) is 32.3 Å². The molecule has 1 aromatic heterocycles. The van der Waals surface area contributed by atoms with E-state index >= 15 is 0 Å². The summed E-state index contributed by atoms with van der Waals surface area (Å²) < 4.78 is 58.7. The lowest BCUT2D eigenvalue weighted by molar-refractivity contribution is -0.144. The van der Waals surface area contributed by atoms with Crippen LogP contribution in [0.5, 0.6) is 5.75 Å². The number of fused-ring (bicyclic) bond motifs is 1. The molecule has 0 saturated heterocycles. The summed E-state index contributed by atoms with van der Waals surface area (Å²) in [7, 11) is 0. The SMILES string of the molecule is C.CC[C@](C)(NC(=O)c1cc(F)c2ccccc2c1OCc1ccc(C(F)(F)F)cn1)C(=O)O. The average Bonchev–Trinajstić information content (AvgIpc) is 2.77. The van der Waals surface area contributed by atoms with E-state index in [4.69, 9.17) is 4.74 Å². The number of carboxylic acid groups (broad SMARTS) is 1. The molecule has 3 aromatic rings. The van der Waals surface area contributed by atoms with E-state index in [1.165, 1.54) is 19.1 Å². The second kappa shape index (κ2) is 10.1. The highest BCUT2D eigenvalue weighted by Gasteiger charge is 2.34. The van der Waals surface area contributed by atoms with Crippen LogP contribution >= 0.6 is 0 Å². The first kappa shape index (κ1) is 26.6. The maximum Gasteiger partial charge on any atom is 0.417 e. The molecule has 0 aliphatic rings. The van der Waals surface area contributed by atoms with Crippen LogP contribution in [0.15, 0.2) is 48.7 Å². The molecule has 0 unspecified atom stereocenters. The summed E-state index contributed by atoms with van der Waals surface area (Å²) in [6.07, 6.45) is -3.81. The Hall–Kier alpha value is -3.69. The summed E-state index contributed by atoms with van der Waals surface area (Å²) in [4.78, 5) is 28.3. The first-order valence-electron chi connectivity index (χ1n) is 9.88. The van der Waals surface area contributed by atoms with Crippen molar-refractivity contribution in [3.05, 3.63) is 71.3 Å². The van der Waals surface area contributed by atoms with Gasteiger partial charge in [0.05, 0.1) is 16.8 Å². The number of alkyl halides is 3. The molecule has 0 spiro atoms. The number of benzene rings is 2. The van der Waals surface area contributed by atoms with E-state index < -0.39 is 35.0 Å². The summed E-state index contributed by atoms with van der Waals surface area (Å²) in [5, 5.41) is 12.2. The summed E-state index contributed by atoms with van der Waals surface area (Å²) in [6.45, 7) is 2.58. The molecule has 6 nitrogen and oxygen atoms in total. The molecule has 34 heavy (non-hydrogen) atoms. The third kappa shape index (κ3) is 5.44. The number of hydrogen-bond acceptors (Lipinski definition) is 4. The Morgan fingerprint density at radius 1 is 1.12 bits per heavy atom. The minimum Gasteiger partial charge on any atom is -0.486 e. The van der Waals surface area contributed by atoms with Gasteiger partial charge >= 0.3 is 12.1 Å². The van der Waals surface area contributed by atoms with Gasteiger partial charge in [0.2, 0.25) is 0 Å². The van der Waals surface area contributed by atoms with Crippen molar-refractivity contribution in [2.24, 2.45) is 0 Å². The zero-order chi connectivity index (χ0) is 24.4. The monoisotopic (exact) mass is 480 g/mol. The largest absolute Gasteiger partial charge is 0.486 e. The van der Waals surface area contributed by atoms with Crippen LogP contribution < -0.4 is 10.1 Å². The number of halogens is 4. The summed E-state index contributed by atoms with van der Waals surface area (Å²) in [5.74, 6) is -2.91. The summed E-state index contributed by atoms with van der Waals surface area (Å²) in [6, 6.07) is 9.09. The van der Waals surface area contributed by atoms with E-state index in [0.29, 0.717) is 6.20 Å². The molecular weight excluding hydrogens is 456 g/mol. The van der Waals surface area contributed by atoms with Gasteiger partial charge in [-0.15, -0.1) is 0 Å². The molecule has 0 bridgehead atoms. The first-order valence-corrected chi connectivity index (χ1v) is 9.88. The number of pyridine rings is 1. The Balaban J connectivity index is 0.00000408. The van der Waals surface area contributed by atoms with Crippen LogP contribution in [0.4, 0.5) is 17.6 Å². The molecule has 3 rings (SSSR count). The average molecular weight is 480 g/mol. The molecule has 0 aliphatic carbocycles. The Morgan fingerprint density at radius 3 is 2.29 bits per heavy atom. The number of rotatable bonds is 7. The smallest absolute Gasteiger partial charge is 0.417 e. The molecule has 1 heterocycles. The van der Waals surface area contributed by atoms with Crippen molar-refractivity contribution in [2.75, 3.05) is 0 Å². The van der Waals surface area contributed by atoms with Gasteiger partial charge in [-0.2, -0.15) is 13.2 Å². The third-order valence-corrected chi connectivity index (χ3v) is 5.27. The quantitative estimate of drug-likeness (QED) is 0.431. The predicted molar refractivity (Wildman–Crippen MR) is 118 cm³/mol. The zero-order valence-corrected chi connectivity index (χ0v) is 17.7. The molecule has 0 fully saturated rings. The molecular formula is C24H24F4N2O4. The van der Waals surface area contributed by atoms with Gasteiger partial charge < -0.3 is 15.2 Å². The highest BCUT2D eigenvalue weighted by molar-refractivity contribution is 6.05. The van der Waals surface area contributed by atoms with Gasteiger partial charge in [-0.3, -0.25) is 9.78 Å². The Labute approximate surface area is 193 Å². The van der Waals surface area contributed by atoms with Crippen LogP contribution in [0.2, 0.25) is 0 Å². The third-order valence-electron chi connectivity index (χ3n) is 5.27. The lowest BCUT2D eigenvalue weighted by Gasteiger charge is -2.25. The number of carbonyl (C=O) groups excluding carboxylic acids is 1. The van der Waals surface area contributed by atoms with Gasteiger partial charge in [0.25, 0.3) is 5.91 Å². The minimum atomic E-state index is -4.54. The van der Waals surface area contributed by atoms with Gasteiger partial charge in [-0.1, -0.05) is 38.6 Å². The van der Waals surface area contributed by atoms with E-state index in [0.717, 1.165) is 18.2 Å². The fourth-order valence-electron chi connectivity index (χ4n) is 3.06. The maximum absolute atomic E-state index is 14.7. The number of aromatic nitrogens is 1. The summed E-state index contributed by atoms with van der Waals surface area (Å²) >= 11 is 0. The number of hydrogen-bond donors (Lipinski definition) is 2. The van der Waals surface area contributed by atoms with Crippen molar-refractivity contribution >= 4 is 22.6 Å². The molecule has 0 saturated carbocycles. The number of nitrogens with zero attached hydrogens (tertiary/aromatic N) is 1. The fraction of sp³-hybridized carbons (Fsp3) is 0.292. The Morgan fingerprint density at radius 2 is 1.76 bits per heavy atom. The van der Waals surface area contributed by atoms with Crippen LogP contribution in [-0.2, 0) is 17.6 Å². The molecule has 1 atom stereocenters. The molecule has 182 valence electrons. The Kier molecular flexibility index (Phi) is 7.86. The van der Waals surface area contributed by atoms with Gasteiger partial charge in [0, 0.05) is 17.0 Å². The molecule has 2 N–H and O–H groups in total. The Bertz CT molecular complexity index is 1200. The van der Waals surface area contributed by atoms with Crippen LogP contribution in [0, 0.1) is 5.82 Å². The van der Waals surface area contributed by atoms with Gasteiger partial charge in [0.15, 0.2) is 0 Å². The number of amides is 1. The van der Waals surface area contributed by atoms with Gasteiger partial charge in [-0.05, 0) is 31.5 Å². The van der Waals surface area contributed by atoms with E-state index in [1.807, 2.05) is 0 Å². The maximum atomic E-state index is 14.7. The fourth-order valence-corrected chi connectivity index (χ4v) is 3.06. The van der Waals surface area contributed by atoms with Crippen LogP contribution in [0.3, 0.4) is 0 Å². The number of nitrogens with one attached hydrogen (secondary N) is 1. The normalized spacial score (nSPS) is 13.0. The van der Waals surface area contributed by atoms with E-state index in [1.54, 1.807) is 19.1 Å². The second-order valence-corrected chi connectivity index (χ2v) is 7.55. The van der Waals surface area contributed by atoms with Crippen LogP contribution in [0.1, 0.15) is 49.3 Å². The van der Waals surface area contributed by atoms with Gasteiger partial charge in [0.1, 0.15) is 23.7 Å². The van der Waals surface area contributed by atoms with Crippen molar-refractivity contribution in [1.82, 2.24) is 10.3 Å². The number of carboxylic acids is 1. The standard InChI is InChI=1S/C23H20F4N2O4.CH4/c1-3-22(2,21(31)32)29-20(30)17-10-18(24)15-6-4-5-7-16(15)19(17)33-12-14-9-8-13(11-28-14)23(25,26)27;/h4-11H,3,12H2,1-2H3,(H,29,30)(H,31,32);1H4/t22-;/m0./s1. The molecule has 10 heteroatoms. The highest BCUT2D eigenvalue weighted by Crippen LogP contribution is 2.33. The van der Waals surface area contributed by atoms with Crippen molar-refractivity contribution in [3.8, 4) is 5.75 Å². The minimum absolute atomic E-state index is 0. The number of carbonyl (C=O) groups is 2. The van der Waals surface area contributed by atoms with E-state index in [2.05, 4.69) is 10.3 Å². The molecule has 1 amide bonds. The molecule has 0 radical (unpaired) electrons. The lowest BCUT2D eigenvalue weighted by Crippen LogP contribution is -2.51. The predicted octanol–water partition coefficient (Wildman–Crippen LogP) is 5.59. The topological polar surface area (TPSA) is 88.5 Å². The zero-order valence-electron chi connectivity index (χ0n) is 17.7. The van der Waals surface area contributed by atoms with E-state index in [-0.39, 0.29) is 48.2 Å².